The van der Waals surface area contributed by atoms with Crippen molar-refractivity contribution in [3.8, 4) is 0 Å². The number of nitrogens with one attached hydrogen (secondary N) is 1. The summed E-state index contributed by atoms with van der Waals surface area (Å²) in [7, 11) is 0. The smallest absolute Gasteiger partial charge is 0.378 e. The van der Waals surface area contributed by atoms with Gasteiger partial charge in [0.15, 0.2) is 0 Å². The van der Waals surface area contributed by atoms with Crippen LogP contribution < -0.4 is 0 Å². The van der Waals surface area contributed by atoms with E-state index in [9.17, 15) is 9.59 Å². The lowest BCUT2D eigenvalue weighted by Crippen LogP contribution is -2.12. The molecule has 1 heterocycles. The Labute approximate surface area is 77.1 Å². The molecule has 0 atom stereocenters. The maximum atomic E-state index is 10.8. The van der Waals surface area contributed by atoms with Gasteiger partial charge in [-0.25, -0.2) is 4.79 Å². The van der Waals surface area contributed by atoms with Crippen molar-refractivity contribution in [3.05, 3.63) is 21.9 Å². The first-order valence-corrected chi connectivity index (χ1v) is 3.59. The summed E-state index contributed by atoms with van der Waals surface area (Å²) < 4.78 is 0. The minimum Gasteiger partial charge on any atom is -0.475 e. The molecule has 0 aromatic carbocycles. The lowest BCUT2D eigenvalue weighted by Gasteiger charge is -1.87. The molecule has 0 unspecified atom stereocenters. The molecular weight excluding hydrogens is 205 g/mol. The maximum absolute atomic E-state index is 10.8. The second-order valence-corrected chi connectivity index (χ2v) is 2.76. The van der Waals surface area contributed by atoms with Crippen LogP contribution in [0.15, 0.2) is 6.07 Å². The first-order valence-electron chi connectivity index (χ1n) is 2.84. The number of aromatic nitrogens is 1. The summed E-state index contributed by atoms with van der Waals surface area (Å²) >= 11 is 10.9. The highest BCUT2D eigenvalue weighted by molar-refractivity contribution is 6.44. The third-order valence-electron chi connectivity index (χ3n) is 1.16. The predicted octanol–water partition coefficient (Wildman–Crippen LogP) is 1.59. The molecule has 0 spiro atoms. The number of carboxylic acid groups (broad SMARTS) is 1. The normalized spacial score (nSPS) is 9.83. The minimum absolute atomic E-state index is 0.0567. The number of Topliss-reactive ketones (excluding diaryl/α,β-unsaturated/α-hetero) is 1. The summed E-state index contributed by atoms with van der Waals surface area (Å²) in [6, 6.07) is 1.17. The van der Waals surface area contributed by atoms with Crippen molar-refractivity contribution in [2.45, 2.75) is 0 Å². The fraction of sp³-hybridized carbons (Fsp3) is 0. The summed E-state index contributed by atoms with van der Waals surface area (Å²) in [5.41, 5.74) is -0.127. The third kappa shape index (κ3) is 1.60. The zero-order valence-electron chi connectivity index (χ0n) is 5.60. The standard InChI is InChI=1S/C6H3Cl2NO3/c7-2-1-3(9-5(2)8)4(10)6(11)12/h1,9H,(H,11,12). The molecule has 0 aliphatic heterocycles. The lowest BCUT2D eigenvalue weighted by atomic mass is 10.3. The number of H-pyrrole nitrogens is 1. The van der Waals surface area contributed by atoms with Gasteiger partial charge in [0.1, 0.15) is 5.15 Å². The number of hydrogen-bond donors (Lipinski definition) is 2. The van der Waals surface area contributed by atoms with Gasteiger partial charge >= 0.3 is 5.97 Å². The van der Waals surface area contributed by atoms with E-state index in [0.717, 1.165) is 0 Å². The summed E-state index contributed by atoms with van der Waals surface area (Å²) in [5, 5.41) is 8.46. The van der Waals surface area contributed by atoms with Crippen molar-refractivity contribution in [2.75, 3.05) is 0 Å². The molecule has 6 heteroatoms. The summed E-state index contributed by atoms with van der Waals surface area (Å²) in [4.78, 5) is 23.3. The number of carbonyl (C=O) groups excluding carboxylic acids is 1. The van der Waals surface area contributed by atoms with Gasteiger partial charge in [-0.3, -0.25) is 4.79 Å². The van der Waals surface area contributed by atoms with Gasteiger partial charge in [0.25, 0.3) is 5.78 Å². The largest absolute Gasteiger partial charge is 0.475 e. The average molecular weight is 208 g/mol. The van der Waals surface area contributed by atoms with Gasteiger partial charge in [-0.1, -0.05) is 23.2 Å². The predicted molar refractivity (Wildman–Crippen MR) is 42.8 cm³/mol. The molecule has 4 nitrogen and oxygen atoms in total. The first kappa shape index (κ1) is 9.09. The van der Waals surface area contributed by atoms with Crippen LogP contribution in [0.4, 0.5) is 0 Å². The molecular formula is C6H3Cl2NO3. The van der Waals surface area contributed by atoms with Crippen LogP contribution in [0.5, 0.6) is 0 Å². The molecule has 0 amide bonds. The van der Waals surface area contributed by atoms with Crippen LogP contribution in [0.1, 0.15) is 10.5 Å². The molecule has 1 aromatic heterocycles. The Bertz CT molecular complexity index is 325. The van der Waals surface area contributed by atoms with Crippen molar-refractivity contribution in [1.82, 2.24) is 4.98 Å². The van der Waals surface area contributed by atoms with Crippen LogP contribution in [0.2, 0.25) is 10.2 Å². The molecule has 0 saturated carbocycles. The summed E-state index contributed by atoms with van der Waals surface area (Å²) in [6.45, 7) is 0. The van der Waals surface area contributed by atoms with E-state index < -0.39 is 11.8 Å². The number of carbonyl (C=O) groups is 2. The van der Waals surface area contributed by atoms with Crippen LogP contribution in [-0.2, 0) is 4.79 Å². The third-order valence-corrected chi connectivity index (χ3v) is 1.86. The molecule has 0 fully saturated rings. The second-order valence-electron chi connectivity index (χ2n) is 1.98. The molecule has 64 valence electrons. The highest BCUT2D eigenvalue weighted by Crippen LogP contribution is 2.21. The second kappa shape index (κ2) is 3.16. The Balaban J connectivity index is 3.05. The van der Waals surface area contributed by atoms with Gasteiger partial charge in [-0.2, -0.15) is 0 Å². The van der Waals surface area contributed by atoms with Gasteiger partial charge < -0.3 is 10.1 Å². The number of ketones is 1. The van der Waals surface area contributed by atoms with Gasteiger partial charge in [-0.15, -0.1) is 0 Å². The van der Waals surface area contributed by atoms with Crippen LogP contribution >= 0.6 is 23.2 Å². The van der Waals surface area contributed by atoms with Crippen molar-refractivity contribution >= 4 is 35.0 Å². The van der Waals surface area contributed by atoms with Gasteiger partial charge in [0, 0.05) is 0 Å². The summed E-state index contributed by atoms with van der Waals surface area (Å²) in [6.07, 6.45) is 0. The average Bonchev–Trinajstić information content (AvgIpc) is 2.30. The SMILES string of the molecule is O=C(O)C(=O)c1cc(Cl)c(Cl)[nH]1. The molecule has 1 rings (SSSR count). The Morgan fingerprint density at radius 1 is 1.42 bits per heavy atom. The fourth-order valence-electron chi connectivity index (χ4n) is 0.642. The molecule has 0 radical (unpaired) electrons. The van der Waals surface area contributed by atoms with Crippen LogP contribution in [0.3, 0.4) is 0 Å². The van der Waals surface area contributed by atoms with E-state index in [1.807, 2.05) is 0 Å². The fourth-order valence-corrected chi connectivity index (χ4v) is 0.954. The highest BCUT2D eigenvalue weighted by Gasteiger charge is 2.17. The summed E-state index contributed by atoms with van der Waals surface area (Å²) in [5.74, 6) is -2.62. The van der Waals surface area contributed by atoms with E-state index in [1.54, 1.807) is 0 Å². The molecule has 2 N–H and O–H groups in total. The Kier molecular flexibility index (Phi) is 2.40. The van der Waals surface area contributed by atoms with E-state index >= 15 is 0 Å². The minimum atomic E-state index is -1.55. The number of rotatable bonds is 2. The lowest BCUT2D eigenvalue weighted by molar-refractivity contribution is -0.131. The van der Waals surface area contributed by atoms with E-state index in [0.29, 0.717) is 0 Å². The van der Waals surface area contributed by atoms with Crippen LogP contribution in [0.25, 0.3) is 0 Å². The molecule has 0 bridgehead atoms. The van der Waals surface area contributed by atoms with Gasteiger partial charge in [0.2, 0.25) is 0 Å². The van der Waals surface area contributed by atoms with Crippen molar-refractivity contribution in [2.24, 2.45) is 0 Å². The monoisotopic (exact) mass is 207 g/mol. The van der Waals surface area contributed by atoms with Gasteiger partial charge in [0.05, 0.1) is 10.7 Å². The van der Waals surface area contributed by atoms with Crippen LogP contribution in [-0.4, -0.2) is 21.8 Å². The zero-order valence-corrected chi connectivity index (χ0v) is 7.11. The molecule has 0 aliphatic rings. The highest BCUT2D eigenvalue weighted by atomic mass is 35.5. The topological polar surface area (TPSA) is 70.2 Å². The van der Waals surface area contributed by atoms with Crippen molar-refractivity contribution < 1.29 is 14.7 Å². The van der Waals surface area contributed by atoms with Gasteiger partial charge in [-0.05, 0) is 6.07 Å². The molecule has 12 heavy (non-hydrogen) atoms. The molecule has 0 saturated heterocycles. The van der Waals surface area contributed by atoms with Crippen molar-refractivity contribution in [3.63, 3.8) is 0 Å². The maximum Gasteiger partial charge on any atom is 0.378 e. The number of halogens is 2. The Morgan fingerprint density at radius 3 is 2.33 bits per heavy atom. The Hall–Kier alpha value is -1.000. The quantitative estimate of drug-likeness (QED) is 0.572. The van der Waals surface area contributed by atoms with E-state index in [-0.39, 0.29) is 15.9 Å². The van der Waals surface area contributed by atoms with Crippen LogP contribution in [0, 0.1) is 0 Å². The van der Waals surface area contributed by atoms with E-state index in [2.05, 4.69) is 4.98 Å². The molecule has 1 aromatic rings. The zero-order chi connectivity index (χ0) is 9.30. The molecule has 0 aliphatic carbocycles. The number of hydrogen-bond acceptors (Lipinski definition) is 2. The number of aromatic amines is 1. The number of carboxylic acids is 1. The van der Waals surface area contributed by atoms with E-state index in [1.165, 1.54) is 6.07 Å². The number of aliphatic carboxylic acids is 1. The van der Waals surface area contributed by atoms with Crippen molar-refractivity contribution in [1.29, 1.82) is 0 Å². The Morgan fingerprint density at radius 2 is 2.00 bits per heavy atom. The first-order chi connectivity index (χ1) is 5.52. The van der Waals surface area contributed by atoms with E-state index in [4.69, 9.17) is 28.3 Å².